The molecule has 2 heteroatoms. The number of rotatable bonds is 4. The Morgan fingerprint density at radius 3 is 2.60 bits per heavy atom. The number of aryl methyl sites for hydroxylation is 1. The van der Waals surface area contributed by atoms with E-state index in [0.717, 1.165) is 10.9 Å². The van der Waals surface area contributed by atoms with E-state index < -0.39 is 0 Å². The standard InChI is InChI=1S/C13H20BrN/c1-4-9(2)7-13(15)11-6-5-10(3)12(14)8-11/h5-6,8-9,13H,4,7,15H2,1-3H3. The van der Waals surface area contributed by atoms with Crippen molar-refractivity contribution in [3.05, 3.63) is 33.8 Å². The molecule has 1 aromatic rings. The first-order valence-corrected chi connectivity index (χ1v) is 6.35. The molecular formula is C13H20BrN. The zero-order chi connectivity index (χ0) is 11.4. The first-order valence-electron chi connectivity index (χ1n) is 5.56. The van der Waals surface area contributed by atoms with Crippen LogP contribution in [0.25, 0.3) is 0 Å². The first-order chi connectivity index (χ1) is 7.04. The van der Waals surface area contributed by atoms with Crippen LogP contribution in [-0.4, -0.2) is 0 Å². The number of nitrogens with two attached hydrogens (primary N) is 1. The first kappa shape index (κ1) is 12.7. The molecule has 0 bridgehead atoms. The molecule has 84 valence electrons. The predicted octanol–water partition coefficient (Wildman–Crippen LogP) is 4.19. The van der Waals surface area contributed by atoms with Crippen molar-refractivity contribution in [1.82, 2.24) is 0 Å². The van der Waals surface area contributed by atoms with Gasteiger partial charge in [0.2, 0.25) is 0 Å². The summed E-state index contributed by atoms with van der Waals surface area (Å²) in [6, 6.07) is 6.56. The second-order valence-electron chi connectivity index (χ2n) is 4.36. The van der Waals surface area contributed by atoms with E-state index in [9.17, 15) is 0 Å². The molecule has 0 spiro atoms. The molecule has 2 atom stereocenters. The topological polar surface area (TPSA) is 26.0 Å². The quantitative estimate of drug-likeness (QED) is 0.872. The molecule has 0 aliphatic rings. The van der Waals surface area contributed by atoms with E-state index in [4.69, 9.17) is 5.73 Å². The van der Waals surface area contributed by atoms with E-state index in [0.29, 0.717) is 5.92 Å². The third-order valence-corrected chi connectivity index (χ3v) is 3.83. The van der Waals surface area contributed by atoms with Crippen LogP contribution in [-0.2, 0) is 0 Å². The molecule has 2 unspecified atom stereocenters. The second kappa shape index (κ2) is 5.66. The van der Waals surface area contributed by atoms with Gasteiger partial charge in [0, 0.05) is 10.5 Å². The van der Waals surface area contributed by atoms with Crippen molar-refractivity contribution in [1.29, 1.82) is 0 Å². The molecule has 2 N–H and O–H groups in total. The Hall–Kier alpha value is -0.340. The number of hydrogen-bond acceptors (Lipinski definition) is 1. The van der Waals surface area contributed by atoms with Gasteiger partial charge in [0.25, 0.3) is 0 Å². The zero-order valence-corrected chi connectivity index (χ0v) is 11.3. The van der Waals surface area contributed by atoms with Gasteiger partial charge in [0.1, 0.15) is 0 Å². The molecule has 15 heavy (non-hydrogen) atoms. The molecule has 0 saturated heterocycles. The Bertz CT molecular complexity index is 322. The van der Waals surface area contributed by atoms with Crippen molar-refractivity contribution in [3.63, 3.8) is 0 Å². The van der Waals surface area contributed by atoms with Gasteiger partial charge in [0.15, 0.2) is 0 Å². The molecule has 1 aromatic carbocycles. The van der Waals surface area contributed by atoms with Gasteiger partial charge in [-0.05, 0) is 36.5 Å². The van der Waals surface area contributed by atoms with Crippen LogP contribution in [0.5, 0.6) is 0 Å². The van der Waals surface area contributed by atoms with E-state index in [1.165, 1.54) is 17.5 Å². The summed E-state index contributed by atoms with van der Waals surface area (Å²) < 4.78 is 1.15. The van der Waals surface area contributed by atoms with Gasteiger partial charge >= 0.3 is 0 Å². The Labute approximate surface area is 101 Å². The summed E-state index contributed by atoms with van der Waals surface area (Å²) in [6.45, 7) is 6.56. The highest BCUT2D eigenvalue weighted by Crippen LogP contribution is 2.25. The van der Waals surface area contributed by atoms with Gasteiger partial charge in [-0.1, -0.05) is 48.3 Å². The minimum atomic E-state index is 0.164. The van der Waals surface area contributed by atoms with Crippen molar-refractivity contribution in [2.45, 2.75) is 39.7 Å². The Morgan fingerprint density at radius 2 is 2.07 bits per heavy atom. The molecule has 0 radical (unpaired) electrons. The highest BCUT2D eigenvalue weighted by atomic mass is 79.9. The second-order valence-corrected chi connectivity index (χ2v) is 5.22. The molecule has 0 aliphatic carbocycles. The van der Waals surface area contributed by atoms with E-state index >= 15 is 0 Å². The Morgan fingerprint density at radius 1 is 1.40 bits per heavy atom. The minimum Gasteiger partial charge on any atom is -0.324 e. The van der Waals surface area contributed by atoms with E-state index in [2.05, 4.69) is 54.9 Å². The van der Waals surface area contributed by atoms with Gasteiger partial charge in [-0.3, -0.25) is 0 Å². The summed E-state index contributed by atoms with van der Waals surface area (Å²) in [6.07, 6.45) is 2.26. The zero-order valence-electron chi connectivity index (χ0n) is 9.76. The lowest BCUT2D eigenvalue weighted by Gasteiger charge is -2.17. The van der Waals surface area contributed by atoms with Crippen LogP contribution in [0.4, 0.5) is 0 Å². The molecule has 1 nitrogen and oxygen atoms in total. The van der Waals surface area contributed by atoms with Crippen LogP contribution in [0, 0.1) is 12.8 Å². The summed E-state index contributed by atoms with van der Waals surface area (Å²) in [5, 5.41) is 0. The average molecular weight is 270 g/mol. The lowest BCUT2D eigenvalue weighted by molar-refractivity contribution is 0.461. The molecule has 1 rings (SSSR count). The lowest BCUT2D eigenvalue weighted by Crippen LogP contribution is -2.13. The monoisotopic (exact) mass is 269 g/mol. The van der Waals surface area contributed by atoms with Gasteiger partial charge in [-0.25, -0.2) is 0 Å². The summed E-state index contributed by atoms with van der Waals surface area (Å²) in [7, 11) is 0. The van der Waals surface area contributed by atoms with E-state index in [-0.39, 0.29) is 6.04 Å². The van der Waals surface area contributed by atoms with Crippen LogP contribution in [0.2, 0.25) is 0 Å². The van der Waals surface area contributed by atoms with Crippen molar-refractivity contribution >= 4 is 15.9 Å². The average Bonchev–Trinajstić information content (AvgIpc) is 2.21. The summed E-state index contributed by atoms with van der Waals surface area (Å²) >= 11 is 3.54. The smallest absolute Gasteiger partial charge is 0.0297 e. The highest BCUT2D eigenvalue weighted by molar-refractivity contribution is 9.10. The molecule has 0 fully saturated rings. The fourth-order valence-electron chi connectivity index (χ4n) is 1.58. The summed E-state index contributed by atoms with van der Waals surface area (Å²) in [5.41, 5.74) is 8.66. The molecule has 0 amide bonds. The van der Waals surface area contributed by atoms with Crippen molar-refractivity contribution in [3.8, 4) is 0 Å². The fraction of sp³-hybridized carbons (Fsp3) is 0.538. The SMILES string of the molecule is CCC(C)CC(N)c1ccc(C)c(Br)c1. The third-order valence-electron chi connectivity index (χ3n) is 2.98. The lowest BCUT2D eigenvalue weighted by atomic mass is 9.94. The van der Waals surface area contributed by atoms with Gasteiger partial charge in [-0.2, -0.15) is 0 Å². The third kappa shape index (κ3) is 3.62. The Kier molecular flexibility index (Phi) is 4.81. The van der Waals surface area contributed by atoms with E-state index in [1.807, 2.05) is 0 Å². The molecular weight excluding hydrogens is 250 g/mol. The van der Waals surface area contributed by atoms with Crippen molar-refractivity contribution in [2.75, 3.05) is 0 Å². The van der Waals surface area contributed by atoms with Crippen LogP contribution in [0.1, 0.15) is 43.9 Å². The molecule has 0 heterocycles. The molecule has 0 aliphatic heterocycles. The normalized spacial score (nSPS) is 15.0. The maximum atomic E-state index is 6.17. The largest absolute Gasteiger partial charge is 0.324 e. The number of benzene rings is 1. The van der Waals surface area contributed by atoms with Crippen LogP contribution < -0.4 is 5.73 Å². The van der Waals surface area contributed by atoms with Crippen molar-refractivity contribution in [2.24, 2.45) is 11.7 Å². The minimum absolute atomic E-state index is 0.164. The molecule has 0 aromatic heterocycles. The fourth-order valence-corrected chi connectivity index (χ4v) is 1.97. The predicted molar refractivity (Wildman–Crippen MR) is 69.9 cm³/mol. The summed E-state index contributed by atoms with van der Waals surface area (Å²) in [5.74, 6) is 0.695. The maximum absolute atomic E-state index is 6.17. The maximum Gasteiger partial charge on any atom is 0.0297 e. The molecule has 0 saturated carbocycles. The van der Waals surface area contributed by atoms with Gasteiger partial charge in [-0.15, -0.1) is 0 Å². The van der Waals surface area contributed by atoms with Crippen LogP contribution in [0.15, 0.2) is 22.7 Å². The number of halogens is 1. The van der Waals surface area contributed by atoms with Crippen LogP contribution in [0.3, 0.4) is 0 Å². The Balaban J connectivity index is 2.73. The highest BCUT2D eigenvalue weighted by Gasteiger charge is 2.10. The number of hydrogen-bond donors (Lipinski definition) is 1. The summed E-state index contributed by atoms with van der Waals surface area (Å²) in [4.78, 5) is 0. The van der Waals surface area contributed by atoms with E-state index in [1.54, 1.807) is 0 Å². The van der Waals surface area contributed by atoms with Crippen LogP contribution >= 0.6 is 15.9 Å². The van der Waals surface area contributed by atoms with Crippen molar-refractivity contribution < 1.29 is 0 Å². The van der Waals surface area contributed by atoms with Gasteiger partial charge < -0.3 is 5.73 Å². The van der Waals surface area contributed by atoms with Gasteiger partial charge in [0.05, 0.1) is 0 Å².